The Hall–Kier alpha value is -1.42. The Morgan fingerprint density at radius 2 is 2.37 bits per heavy atom. The summed E-state index contributed by atoms with van der Waals surface area (Å²) >= 11 is 0. The first kappa shape index (κ1) is 14.0. The zero-order valence-electron chi connectivity index (χ0n) is 11.7. The summed E-state index contributed by atoms with van der Waals surface area (Å²) in [6.07, 6.45) is 8.11. The van der Waals surface area contributed by atoms with Gasteiger partial charge in [-0.2, -0.15) is 0 Å². The third-order valence-corrected chi connectivity index (χ3v) is 3.89. The molecule has 1 aromatic rings. The summed E-state index contributed by atoms with van der Waals surface area (Å²) in [4.78, 5) is 6.78. The molecule has 3 N–H and O–H groups in total. The van der Waals surface area contributed by atoms with E-state index in [0.717, 1.165) is 18.7 Å². The number of hydrogen-bond acceptors (Lipinski definition) is 3. The van der Waals surface area contributed by atoms with Crippen LogP contribution in [0.15, 0.2) is 18.3 Å². The van der Waals surface area contributed by atoms with Crippen LogP contribution < -0.4 is 5.73 Å². The van der Waals surface area contributed by atoms with Gasteiger partial charge in [0, 0.05) is 18.8 Å². The Kier molecular flexibility index (Phi) is 4.91. The molecule has 1 saturated heterocycles. The van der Waals surface area contributed by atoms with E-state index >= 15 is 0 Å². The van der Waals surface area contributed by atoms with Crippen molar-refractivity contribution >= 4 is 5.84 Å². The summed E-state index contributed by atoms with van der Waals surface area (Å²) in [5.74, 6) is 0.0691. The molecule has 0 saturated carbocycles. The van der Waals surface area contributed by atoms with Gasteiger partial charge >= 0.3 is 0 Å². The van der Waals surface area contributed by atoms with Gasteiger partial charge in [-0.3, -0.25) is 15.3 Å². The van der Waals surface area contributed by atoms with Crippen molar-refractivity contribution in [3.8, 4) is 0 Å². The van der Waals surface area contributed by atoms with Gasteiger partial charge in [-0.05, 0) is 37.4 Å². The molecule has 0 amide bonds. The van der Waals surface area contributed by atoms with Crippen molar-refractivity contribution in [2.75, 3.05) is 6.54 Å². The number of piperidine rings is 1. The number of aromatic nitrogens is 1. The van der Waals surface area contributed by atoms with Gasteiger partial charge in [0.05, 0.1) is 0 Å². The Labute approximate surface area is 115 Å². The maximum Gasteiger partial charge on any atom is 0.142 e. The number of amidine groups is 1. The Morgan fingerprint density at radius 3 is 3.11 bits per heavy atom. The molecule has 0 aromatic carbocycles. The van der Waals surface area contributed by atoms with Crippen LogP contribution in [0.2, 0.25) is 0 Å². The number of nitrogen functional groups attached to an aromatic ring is 1. The molecule has 2 heterocycles. The van der Waals surface area contributed by atoms with Gasteiger partial charge in [0.1, 0.15) is 11.5 Å². The van der Waals surface area contributed by atoms with Crippen LogP contribution in [0, 0.1) is 5.41 Å². The highest BCUT2D eigenvalue weighted by Crippen LogP contribution is 2.23. The second-order valence-corrected chi connectivity index (χ2v) is 5.33. The number of pyridine rings is 1. The lowest BCUT2D eigenvalue weighted by molar-refractivity contribution is 0.131. The molecule has 0 bridgehead atoms. The first-order valence-electron chi connectivity index (χ1n) is 7.24. The van der Waals surface area contributed by atoms with Crippen LogP contribution in [-0.2, 0) is 6.54 Å². The number of nitrogens with one attached hydrogen (secondary N) is 1. The van der Waals surface area contributed by atoms with Crippen LogP contribution >= 0.6 is 0 Å². The minimum Gasteiger partial charge on any atom is -0.382 e. The fraction of sp³-hybridized carbons (Fsp3) is 0.600. The summed E-state index contributed by atoms with van der Waals surface area (Å²) < 4.78 is 0. The van der Waals surface area contributed by atoms with E-state index in [-0.39, 0.29) is 5.84 Å². The van der Waals surface area contributed by atoms with E-state index in [0.29, 0.717) is 11.7 Å². The number of nitrogens with two attached hydrogens (primary N) is 1. The highest BCUT2D eigenvalue weighted by molar-refractivity contribution is 5.94. The molecule has 4 nitrogen and oxygen atoms in total. The predicted molar refractivity (Wildman–Crippen MR) is 78.2 cm³/mol. The van der Waals surface area contributed by atoms with Gasteiger partial charge in [0.25, 0.3) is 0 Å². The van der Waals surface area contributed by atoms with E-state index in [1.807, 2.05) is 12.1 Å². The SMILES string of the molecule is CCCC1CCCCN1Cc1cccnc1C(=N)N. The number of hydrogen-bond donors (Lipinski definition) is 2. The zero-order chi connectivity index (χ0) is 13.7. The molecule has 1 fully saturated rings. The molecule has 1 aliphatic heterocycles. The van der Waals surface area contributed by atoms with Crippen molar-refractivity contribution in [2.45, 2.75) is 51.6 Å². The highest BCUT2D eigenvalue weighted by atomic mass is 15.2. The fourth-order valence-corrected chi connectivity index (χ4v) is 2.96. The molecule has 2 rings (SSSR count). The molecule has 4 heteroatoms. The largest absolute Gasteiger partial charge is 0.382 e. The standard InChI is InChI=1S/C15H24N4/c1-2-6-13-8-3-4-10-19(13)11-12-7-5-9-18-14(12)15(16)17/h5,7,9,13H,2-4,6,8,10-11H2,1H3,(H3,16,17). The third-order valence-electron chi connectivity index (χ3n) is 3.89. The molecule has 1 aromatic heterocycles. The third kappa shape index (κ3) is 3.53. The minimum absolute atomic E-state index is 0.0691. The second kappa shape index (κ2) is 6.66. The molecular formula is C15H24N4. The van der Waals surface area contributed by atoms with Crippen LogP contribution in [0.25, 0.3) is 0 Å². The first-order chi connectivity index (χ1) is 9.22. The Balaban J connectivity index is 2.12. The van der Waals surface area contributed by atoms with E-state index < -0.39 is 0 Å². The smallest absolute Gasteiger partial charge is 0.142 e. The summed E-state index contributed by atoms with van der Waals surface area (Å²) in [5, 5.41) is 7.62. The molecular weight excluding hydrogens is 236 g/mol. The second-order valence-electron chi connectivity index (χ2n) is 5.33. The topological polar surface area (TPSA) is 66.0 Å². The quantitative estimate of drug-likeness (QED) is 0.631. The van der Waals surface area contributed by atoms with Gasteiger partial charge in [-0.1, -0.05) is 25.8 Å². The van der Waals surface area contributed by atoms with Crippen LogP contribution in [0.3, 0.4) is 0 Å². The highest BCUT2D eigenvalue weighted by Gasteiger charge is 2.22. The molecule has 1 unspecified atom stereocenters. The number of likely N-dealkylation sites (tertiary alicyclic amines) is 1. The average molecular weight is 260 g/mol. The molecule has 1 atom stereocenters. The van der Waals surface area contributed by atoms with Crippen molar-refractivity contribution in [1.82, 2.24) is 9.88 Å². The van der Waals surface area contributed by atoms with Crippen LogP contribution in [0.4, 0.5) is 0 Å². The molecule has 19 heavy (non-hydrogen) atoms. The van der Waals surface area contributed by atoms with Crippen molar-refractivity contribution in [1.29, 1.82) is 5.41 Å². The normalized spacial score (nSPS) is 20.4. The predicted octanol–water partition coefficient (Wildman–Crippen LogP) is 2.52. The molecule has 0 aliphatic carbocycles. The van der Waals surface area contributed by atoms with Crippen LogP contribution in [0.5, 0.6) is 0 Å². The Bertz CT molecular complexity index is 428. The number of nitrogens with zero attached hydrogens (tertiary/aromatic N) is 2. The van der Waals surface area contributed by atoms with Gasteiger partial charge < -0.3 is 5.73 Å². The maximum atomic E-state index is 7.62. The summed E-state index contributed by atoms with van der Waals surface area (Å²) in [5.41, 5.74) is 7.34. The first-order valence-corrected chi connectivity index (χ1v) is 7.24. The van der Waals surface area contributed by atoms with Crippen LogP contribution in [-0.4, -0.2) is 28.3 Å². The van der Waals surface area contributed by atoms with Crippen molar-refractivity contribution in [3.05, 3.63) is 29.6 Å². The van der Waals surface area contributed by atoms with Gasteiger partial charge in [0.2, 0.25) is 0 Å². The molecule has 1 aliphatic rings. The Morgan fingerprint density at radius 1 is 1.53 bits per heavy atom. The van der Waals surface area contributed by atoms with Gasteiger partial charge in [-0.25, -0.2) is 0 Å². The maximum absolute atomic E-state index is 7.62. The lowest BCUT2D eigenvalue weighted by Gasteiger charge is -2.36. The van der Waals surface area contributed by atoms with Crippen molar-refractivity contribution in [3.63, 3.8) is 0 Å². The lowest BCUT2D eigenvalue weighted by Crippen LogP contribution is -2.39. The number of rotatable bonds is 5. The van der Waals surface area contributed by atoms with E-state index in [4.69, 9.17) is 11.1 Å². The van der Waals surface area contributed by atoms with E-state index in [9.17, 15) is 0 Å². The molecule has 0 radical (unpaired) electrons. The van der Waals surface area contributed by atoms with Gasteiger partial charge in [-0.15, -0.1) is 0 Å². The van der Waals surface area contributed by atoms with E-state index in [1.54, 1.807) is 6.20 Å². The fourth-order valence-electron chi connectivity index (χ4n) is 2.96. The molecule has 0 spiro atoms. The summed E-state index contributed by atoms with van der Waals surface area (Å²) in [6.45, 7) is 4.27. The van der Waals surface area contributed by atoms with E-state index in [2.05, 4.69) is 16.8 Å². The van der Waals surface area contributed by atoms with Gasteiger partial charge in [0.15, 0.2) is 0 Å². The van der Waals surface area contributed by atoms with E-state index in [1.165, 1.54) is 32.1 Å². The van der Waals surface area contributed by atoms with Crippen LogP contribution in [0.1, 0.15) is 50.3 Å². The summed E-state index contributed by atoms with van der Waals surface area (Å²) in [7, 11) is 0. The lowest BCUT2D eigenvalue weighted by atomic mass is 9.97. The zero-order valence-corrected chi connectivity index (χ0v) is 11.7. The monoisotopic (exact) mass is 260 g/mol. The summed E-state index contributed by atoms with van der Waals surface area (Å²) in [6, 6.07) is 4.65. The van der Waals surface area contributed by atoms with Crippen molar-refractivity contribution < 1.29 is 0 Å². The van der Waals surface area contributed by atoms with Crippen molar-refractivity contribution in [2.24, 2.45) is 5.73 Å². The average Bonchev–Trinajstić information content (AvgIpc) is 2.42. The molecule has 104 valence electrons. The minimum atomic E-state index is 0.0691.